The summed E-state index contributed by atoms with van der Waals surface area (Å²) < 4.78 is 33.6. The number of benzene rings is 1. The number of rotatable bonds is 5. The average Bonchev–Trinajstić information content (AvgIpc) is 2.34. The van der Waals surface area contributed by atoms with Gasteiger partial charge in [0.05, 0.1) is 20.1 Å². The molecule has 1 N–H and O–H groups in total. The van der Waals surface area contributed by atoms with Crippen LogP contribution in [0.4, 0.5) is 0 Å². The van der Waals surface area contributed by atoms with Crippen molar-refractivity contribution in [3.8, 4) is 11.5 Å². The zero-order valence-electron chi connectivity index (χ0n) is 11.1. The van der Waals surface area contributed by atoms with E-state index in [-0.39, 0.29) is 22.0 Å². The Morgan fingerprint density at radius 1 is 1.26 bits per heavy atom. The summed E-state index contributed by atoms with van der Waals surface area (Å²) in [5, 5.41) is 9.07. The Hall–Kier alpha value is -1.76. The van der Waals surface area contributed by atoms with Crippen molar-refractivity contribution in [3.63, 3.8) is 0 Å². The largest absolute Gasteiger partial charge is 0.497 e. The molecule has 0 bridgehead atoms. The summed E-state index contributed by atoms with van der Waals surface area (Å²) in [5.74, 6) is -1.68. The van der Waals surface area contributed by atoms with Gasteiger partial charge in [-0.05, 0) is 13.0 Å². The quantitative estimate of drug-likeness (QED) is 0.878. The van der Waals surface area contributed by atoms with Crippen LogP contribution in [0.2, 0.25) is 0 Å². The van der Waals surface area contributed by atoms with E-state index in [2.05, 4.69) is 0 Å². The van der Waals surface area contributed by atoms with Crippen LogP contribution in [0.25, 0.3) is 0 Å². The van der Waals surface area contributed by atoms with E-state index in [1.807, 2.05) is 0 Å². The zero-order valence-corrected chi connectivity index (χ0v) is 11.9. The molecule has 1 aromatic rings. The van der Waals surface area contributed by atoms with Crippen LogP contribution < -0.4 is 9.47 Å². The first-order chi connectivity index (χ1) is 8.72. The maximum atomic E-state index is 11.7. The molecular formula is C12H16O6S. The molecule has 0 amide bonds. The Bertz CT molecular complexity index is 590. The minimum atomic E-state index is -3.56. The molecule has 0 aliphatic rings. The molecule has 106 valence electrons. The van der Waals surface area contributed by atoms with Gasteiger partial charge in [-0.1, -0.05) is 0 Å². The van der Waals surface area contributed by atoms with Crippen LogP contribution in [-0.4, -0.2) is 40.0 Å². The van der Waals surface area contributed by atoms with E-state index in [0.717, 1.165) is 6.26 Å². The lowest BCUT2D eigenvalue weighted by molar-refractivity contribution is -0.138. The van der Waals surface area contributed by atoms with Crippen LogP contribution in [0.1, 0.15) is 18.4 Å². The van der Waals surface area contributed by atoms with Crippen molar-refractivity contribution in [3.05, 3.63) is 17.7 Å². The number of carboxylic acids is 1. The predicted molar refractivity (Wildman–Crippen MR) is 68.7 cm³/mol. The molecule has 7 heteroatoms. The average molecular weight is 288 g/mol. The molecule has 6 nitrogen and oxygen atoms in total. The zero-order chi connectivity index (χ0) is 14.8. The third-order valence-corrected chi connectivity index (χ3v) is 3.84. The third kappa shape index (κ3) is 3.17. The molecule has 1 aromatic carbocycles. The number of hydrogen-bond donors (Lipinski definition) is 1. The first kappa shape index (κ1) is 15.3. The van der Waals surface area contributed by atoms with Gasteiger partial charge in [-0.25, -0.2) is 8.42 Å². The monoisotopic (exact) mass is 288 g/mol. The summed E-state index contributed by atoms with van der Waals surface area (Å²) in [7, 11) is -0.880. The van der Waals surface area contributed by atoms with E-state index < -0.39 is 21.7 Å². The lowest BCUT2D eigenvalue weighted by Crippen LogP contribution is -2.12. The van der Waals surface area contributed by atoms with Crippen LogP contribution >= 0.6 is 0 Å². The molecule has 0 radical (unpaired) electrons. The van der Waals surface area contributed by atoms with Gasteiger partial charge in [0.2, 0.25) is 0 Å². The van der Waals surface area contributed by atoms with Gasteiger partial charge in [0, 0.05) is 17.9 Å². The second-order valence-corrected chi connectivity index (χ2v) is 6.06. The molecule has 0 heterocycles. The molecule has 0 saturated carbocycles. The fourth-order valence-corrected chi connectivity index (χ4v) is 2.53. The molecule has 0 saturated heterocycles. The minimum absolute atomic E-state index is 0.0400. The van der Waals surface area contributed by atoms with Crippen molar-refractivity contribution < 1.29 is 27.8 Å². The van der Waals surface area contributed by atoms with Crippen molar-refractivity contribution in [2.45, 2.75) is 17.7 Å². The third-order valence-electron chi connectivity index (χ3n) is 2.73. The van der Waals surface area contributed by atoms with E-state index in [0.29, 0.717) is 0 Å². The van der Waals surface area contributed by atoms with Gasteiger partial charge < -0.3 is 14.6 Å². The molecule has 0 fully saturated rings. The van der Waals surface area contributed by atoms with Gasteiger partial charge in [0.15, 0.2) is 9.84 Å². The normalized spacial score (nSPS) is 12.8. The highest BCUT2D eigenvalue weighted by atomic mass is 32.2. The molecule has 1 unspecified atom stereocenters. The van der Waals surface area contributed by atoms with Crippen molar-refractivity contribution in [1.82, 2.24) is 0 Å². The molecule has 0 aliphatic heterocycles. The maximum Gasteiger partial charge on any atom is 0.310 e. The number of hydrogen-bond acceptors (Lipinski definition) is 5. The lowest BCUT2D eigenvalue weighted by Gasteiger charge is -2.17. The first-order valence-electron chi connectivity index (χ1n) is 5.41. The lowest BCUT2D eigenvalue weighted by atomic mass is 10.00. The van der Waals surface area contributed by atoms with Gasteiger partial charge in [-0.15, -0.1) is 0 Å². The summed E-state index contributed by atoms with van der Waals surface area (Å²) in [6.07, 6.45) is 1.03. The fraction of sp³-hybridized carbons (Fsp3) is 0.417. The SMILES string of the molecule is COc1cc(C(C)C(=O)O)c(OC)c(S(C)(=O)=O)c1. The summed E-state index contributed by atoms with van der Waals surface area (Å²) in [4.78, 5) is 11.0. The Labute approximate surface area is 111 Å². The fourth-order valence-electron chi connectivity index (χ4n) is 1.66. The second-order valence-electron chi connectivity index (χ2n) is 4.08. The molecule has 1 rings (SSSR count). The van der Waals surface area contributed by atoms with E-state index in [1.54, 1.807) is 0 Å². The maximum absolute atomic E-state index is 11.7. The van der Waals surface area contributed by atoms with Gasteiger partial charge in [-0.2, -0.15) is 0 Å². The minimum Gasteiger partial charge on any atom is -0.497 e. The molecular weight excluding hydrogens is 272 g/mol. The van der Waals surface area contributed by atoms with E-state index in [4.69, 9.17) is 14.6 Å². The number of sulfone groups is 1. The van der Waals surface area contributed by atoms with Gasteiger partial charge >= 0.3 is 5.97 Å². The van der Waals surface area contributed by atoms with Gasteiger partial charge in [0.1, 0.15) is 16.4 Å². The van der Waals surface area contributed by atoms with E-state index >= 15 is 0 Å². The molecule has 1 atom stereocenters. The summed E-state index contributed by atoms with van der Waals surface area (Å²) >= 11 is 0. The van der Waals surface area contributed by atoms with Gasteiger partial charge in [-0.3, -0.25) is 4.79 Å². The number of aliphatic carboxylic acids is 1. The van der Waals surface area contributed by atoms with Crippen molar-refractivity contribution in [2.24, 2.45) is 0 Å². The molecule has 19 heavy (non-hydrogen) atoms. The number of methoxy groups -OCH3 is 2. The molecule has 0 spiro atoms. The van der Waals surface area contributed by atoms with Crippen LogP contribution in [-0.2, 0) is 14.6 Å². The summed E-state index contributed by atoms with van der Waals surface area (Å²) in [6, 6.07) is 2.78. The number of ether oxygens (including phenoxy) is 2. The van der Waals surface area contributed by atoms with E-state index in [1.165, 1.54) is 33.3 Å². The molecule has 0 aliphatic carbocycles. The topological polar surface area (TPSA) is 89.9 Å². The van der Waals surface area contributed by atoms with Crippen molar-refractivity contribution in [1.29, 1.82) is 0 Å². The Kier molecular flexibility index (Phi) is 4.41. The highest BCUT2D eigenvalue weighted by Gasteiger charge is 2.25. The highest BCUT2D eigenvalue weighted by Crippen LogP contribution is 2.37. The Morgan fingerprint density at radius 2 is 1.84 bits per heavy atom. The highest BCUT2D eigenvalue weighted by molar-refractivity contribution is 7.90. The second kappa shape index (κ2) is 5.48. The Balaban J connectivity index is 3.66. The predicted octanol–water partition coefficient (Wildman–Crippen LogP) is 1.30. The van der Waals surface area contributed by atoms with Crippen molar-refractivity contribution >= 4 is 15.8 Å². The molecule has 0 aromatic heterocycles. The van der Waals surface area contributed by atoms with Crippen LogP contribution in [0.5, 0.6) is 11.5 Å². The van der Waals surface area contributed by atoms with Crippen LogP contribution in [0.15, 0.2) is 17.0 Å². The number of carboxylic acid groups (broad SMARTS) is 1. The summed E-state index contributed by atoms with van der Waals surface area (Å²) in [5.41, 5.74) is 0.259. The smallest absolute Gasteiger partial charge is 0.310 e. The first-order valence-corrected chi connectivity index (χ1v) is 7.30. The standard InChI is InChI=1S/C12H16O6S/c1-7(12(13)14)9-5-8(17-2)6-10(11(9)18-3)19(4,15)16/h5-7H,1-4H3,(H,13,14). The van der Waals surface area contributed by atoms with Crippen molar-refractivity contribution in [2.75, 3.05) is 20.5 Å². The van der Waals surface area contributed by atoms with Gasteiger partial charge in [0.25, 0.3) is 0 Å². The van der Waals surface area contributed by atoms with Crippen LogP contribution in [0, 0.1) is 0 Å². The number of carbonyl (C=O) groups is 1. The Morgan fingerprint density at radius 3 is 2.21 bits per heavy atom. The van der Waals surface area contributed by atoms with Crippen LogP contribution in [0.3, 0.4) is 0 Å². The summed E-state index contributed by atoms with van der Waals surface area (Å²) in [6.45, 7) is 1.45. The van der Waals surface area contributed by atoms with E-state index in [9.17, 15) is 13.2 Å².